The van der Waals surface area contributed by atoms with Crippen molar-refractivity contribution in [1.82, 2.24) is 4.57 Å². The summed E-state index contributed by atoms with van der Waals surface area (Å²) in [6.07, 6.45) is 0.855. The van der Waals surface area contributed by atoms with Crippen molar-refractivity contribution in [2.24, 2.45) is 0 Å². The second-order valence-electron chi connectivity index (χ2n) is 6.92. The van der Waals surface area contributed by atoms with Crippen molar-refractivity contribution < 1.29 is 9.53 Å². The molecular weight excluding hydrogens is 352 g/mol. The fourth-order valence-electron chi connectivity index (χ4n) is 3.86. The molecule has 3 aromatic carbocycles. The van der Waals surface area contributed by atoms with Crippen LogP contribution in [0.15, 0.2) is 71.5 Å². The minimum Gasteiger partial charge on any atom is -0.493 e. The van der Waals surface area contributed by atoms with Gasteiger partial charge in [-0.2, -0.15) is 0 Å². The molecule has 1 aliphatic rings. The van der Waals surface area contributed by atoms with Crippen LogP contribution in [0.4, 0.5) is 5.69 Å². The van der Waals surface area contributed by atoms with Gasteiger partial charge in [-0.3, -0.25) is 9.59 Å². The number of carbonyl (C=O) groups excluding carboxylic acids is 1. The van der Waals surface area contributed by atoms with E-state index in [9.17, 15) is 9.59 Å². The molecule has 0 fully saturated rings. The van der Waals surface area contributed by atoms with E-state index in [0.717, 1.165) is 34.5 Å². The minimum atomic E-state index is -0.141. The molecule has 0 bridgehead atoms. The maximum absolute atomic E-state index is 12.8. The Morgan fingerprint density at radius 1 is 0.964 bits per heavy atom. The number of rotatable bonds is 3. The fourth-order valence-corrected chi connectivity index (χ4v) is 3.86. The number of nitrogens with one attached hydrogen (secondary N) is 1. The Hall–Kier alpha value is -3.60. The number of nitrogens with zero attached hydrogens (tertiary/aromatic N) is 1. The average Bonchev–Trinajstić information content (AvgIpc) is 3.19. The molecule has 1 amide bonds. The highest BCUT2D eigenvalue weighted by Crippen LogP contribution is 2.28. The SMILES string of the molecule is O=C(Cn1c2ccccc2c(=O)c2ccccc21)Nc1ccc2c(c1)CCO2. The zero-order valence-corrected chi connectivity index (χ0v) is 15.1. The van der Waals surface area contributed by atoms with E-state index >= 15 is 0 Å². The van der Waals surface area contributed by atoms with Crippen LogP contribution in [-0.2, 0) is 17.8 Å². The zero-order valence-electron chi connectivity index (χ0n) is 15.1. The summed E-state index contributed by atoms with van der Waals surface area (Å²) in [5, 5.41) is 4.20. The number of benzene rings is 3. The van der Waals surface area contributed by atoms with Gasteiger partial charge in [0.25, 0.3) is 0 Å². The van der Waals surface area contributed by atoms with Crippen LogP contribution in [0, 0.1) is 0 Å². The summed E-state index contributed by atoms with van der Waals surface area (Å²) in [6, 6.07) is 20.5. The molecule has 0 unspecified atom stereocenters. The normalized spacial score (nSPS) is 12.7. The highest BCUT2D eigenvalue weighted by Gasteiger charge is 2.15. The Bertz CT molecular complexity index is 1230. The number of hydrogen-bond donors (Lipinski definition) is 1. The molecule has 2 heterocycles. The van der Waals surface area contributed by atoms with Gasteiger partial charge in [-0.15, -0.1) is 0 Å². The molecular formula is C23H18N2O3. The van der Waals surface area contributed by atoms with Gasteiger partial charge in [0.1, 0.15) is 12.3 Å². The molecule has 0 spiro atoms. The fraction of sp³-hybridized carbons (Fsp3) is 0.130. The summed E-state index contributed by atoms with van der Waals surface area (Å²) in [6.45, 7) is 0.803. The van der Waals surface area contributed by atoms with Crippen LogP contribution in [-0.4, -0.2) is 17.1 Å². The second kappa shape index (κ2) is 6.53. The monoisotopic (exact) mass is 370 g/mol. The quantitative estimate of drug-likeness (QED) is 0.559. The Morgan fingerprint density at radius 3 is 2.36 bits per heavy atom. The van der Waals surface area contributed by atoms with Gasteiger partial charge in [-0.25, -0.2) is 0 Å². The van der Waals surface area contributed by atoms with Crippen LogP contribution in [0.2, 0.25) is 0 Å². The van der Waals surface area contributed by atoms with Gasteiger partial charge in [-0.05, 0) is 48.0 Å². The third kappa shape index (κ3) is 2.72. The first kappa shape index (κ1) is 16.6. The third-order valence-electron chi connectivity index (χ3n) is 5.15. The maximum Gasteiger partial charge on any atom is 0.244 e. The predicted molar refractivity (Wildman–Crippen MR) is 110 cm³/mol. The van der Waals surface area contributed by atoms with Gasteiger partial charge in [0.05, 0.1) is 17.6 Å². The molecule has 5 heteroatoms. The summed E-state index contributed by atoms with van der Waals surface area (Å²) in [5.74, 6) is 0.744. The number of hydrogen-bond acceptors (Lipinski definition) is 3. The molecule has 4 aromatic rings. The number of carbonyl (C=O) groups is 1. The molecule has 5 rings (SSSR count). The Morgan fingerprint density at radius 2 is 1.64 bits per heavy atom. The van der Waals surface area contributed by atoms with E-state index in [1.165, 1.54) is 0 Å². The van der Waals surface area contributed by atoms with E-state index in [0.29, 0.717) is 17.4 Å². The van der Waals surface area contributed by atoms with Crippen LogP contribution >= 0.6 is 0 Å². The first-order chi connectivity index (χ1) is 13.7. The summed E-state index contributed by atoms with van der Waals surface area (Å²) in [7, 11) is 0. The Balaban J connectivity index is 1.54. The molecule has 0 atom stereocenters. The summed E-state index contributed by atoms with van der Waals surface area (Å²) in [4.78, 5) is 25.6. The van der Waals surface area contributed by atoms with Crippen molar-refractivity contribution in [3.8, 4) is 5.75 Å². The van der Waals surface area contributed by atoms with Gasteiger partial charge in [-0.1, -0.05) is 24.3 Å². The standard InChI is InChI=1S/C23H18N2O3/c26-22(24-16-9-10-21-15(13-16)11-12-28-21)14-25-19-7-3-1-5-17(19)23(27)18-6-2-4-8-20(18)25/h1-10,13H,11-12,14H2,(H,24,26). The molecule has 28 heavy (non-hydrogen) atoms. The topological polar surface area (TPSA) is 60.3 Å². The van der Waals surface area contributed by atoms with Crippen molar-refractivity contribution in [3.05, 3.63) is 82.5 Å². The lowest BCUT2D eigenvalue weighted by Gasteiger charge is -2.15. The second-order valence-corrected chi connectivity index (χ2v) is 6.92. The van der Waals surface area contributed by atoms with Crippen molar-refractivity contribution in [2.45, 2.75) is 13.0 Å². The van der Waals surface area contributed by atoms with Gasteiger partial charge < -0.3 is 14.6 Å². The third-order valence-corrected chi connectivity index (χ3v) is 5.15. The minimum absolute atomic E-state index is 0.0125. The van der Waals surface area contributed by atoms with Crippen molar-refractivity contribution >= 4 is 33.4 Å². The number of aromatic nitrogens is 1. The largest absolute Gasteiger partial charge is 0.493 e. The number of fused-ring (bicyclic) bond motifs is 3. The van der Waals surface area contributed by atoms with Crippen molar-refractivity contribution in [2.75, 3.05) is 11.9 Å². The molecule has 5 nitrogen and oxygen atoms in total. The molecule has 1 aromatic heterocycles. The Labute approximate surface area is 161 Å². The molecule has 0 radical (unpaired) electrons. The van der Waals surface area contributed by atoms with Gasteiger partial charge in [0.15, 0.2) is 5.43 Å². The van der Waals surface area contributed by atoms with E-state index < -0.39 is 0 Å². The highest BCUT2D eigenvalue weighted by atomic mass is 16.5. The number of ether oxygens (including phenoxy) is 1. The van der Waals surface area contributed by atoms with Crippen LogP contribution in [0.25, 0.3) is 21.8 Å². The summed E-state index contributed by atoms with van der Waals surface area (Å²) in [5.41, 5.74) is 3.36. The number of pyridine rings is 1. The Kier molecular flexibility index (Phi) is 3.86. The van der Waals surface area contributed by atoms with Crippen molar-refractivity contribution in [1.29, 1.82) is 0 Å². The first-order valence-corrected chi connectivity index (χ1v) is 9.26. The molecule has 0 saturated heterocycles. The molecule has 1 N–H and O–H groups in total. The van der Waals surface area contributed by atoms with Crippen LogP contribution in [0.5, 0.6) is 5.75 Å². The van der Waals surface area contributed by atoms with Gasteiger partial charge in [0, 0.05) is 22.9 Å². The summed E-state index contributed by atoms with van der Waals surface area (Å²) >= 11 is 0. The van der Waals surface area contributed by atoms with E-state index in [4.69, 9.17) is 4.74 Å². The van der Waals surface area contributed by atoms with E-state index in [1.54, 1.807) is 12.1 Å². The highest BCUT2D eigenvalue weighted by molar-refractivity contribution is 5.97. The first-order valence-electron chi connectivity index (χ1n) is 9.26. The van der Waals surface area contributed by atoms with Crippen LogP contribution in [0.1, 0.15) is 5.56 Å². The zero-order chi connectivity index (χ0) is 19.1. The maximum atomic E-state index is 12.8. The molecule has 0 saturated carbocycles. The lowest BCUT2D eigenvalue weighted by atomic mass is 10.1. The lowest BCUT2D eigenvalue weighted by molar-refractivity contribution is -0.116. The van der Waals surface area contributed by atoms with E-state index in [-0.39, 0.29) is 17.9 Å². The number of anilines is 1. The smallest absolute Gasteiger partial charge is 0.244 e. The van der Waals surface area contributed by atoms with Crippen LogP contribution in [0.3, 0.4) is 0 Å². The number of para-hydroxylation sites is 2. The van der Waals surface area contributed by atoms with E-state index in [2.05, 4.69) is 5.32 Å². The lowest BCUT2D eigenvalue weighted by Crippen LogP contribution is -2.21. The summed E-state index contributed by atoms with van der Waals surface area (Å²) < 4.78 is 7.42. The van der Waals surface area contributed by atoms with E-state index in [1.807, 2.05) is 59.2 Å². The van der Waals surface area contributed by atoms with Gasteiger partial charge in [0.2, 0.25) is 5.91 Å². The molecule has 138 valence electrons. The van der Waals surface area contributed by atoms with Crippen molar-refractivity contribution in [3.63, 3.8) is 0 Å². The number of amides is 1. The molecule has 1 aliphatic heterocycles. The average molecular weight is 370 g/mol. The predicted octanol–water partition coefficient (Wildman–Crippen LogP) is 3.73. The van der Waals surface area contributed by atoms with Gasteiger partial charge >= 0.3 is 0 Å². The molecule has 0 aliphatic carbocycles. The van der Waals surface area contributed by atoms with Crippen LogP contribution < -0.4 is 15.5 Å².